The molecule has 21 heavy (non-hydrogen) atoms. The molecule has 2 unspecified atom stereocenters. The van der Waals surface area contributed by atoms with Crippen LogP contribution in [0.4, 0.5) is 0 Å². The highest BCUT2D eigenvalue weighted by Crippen LogP contribution is 2.24. The highest BCUT2D eigenvalue weighted by Gasteiger charge is 2.26. The first kappa shape index (κ1) is 18.7. The van der Waals surface area contributed by atoms with E-state index in [0.29, 0.717) is 16.5 Å². The van der Waals surface area contributed by atoms with Crippen molar-refractivity contribution < 1.29 is 8.42 Å². The average molecular weight is 353 g/mol. The number of piperidine rings is 1. The summed E-state index contributed by atoms with van der Waals surface area (Å²) in [5.41, 5.74) is 0.593. The third kappa shape index (κ3) is 4.57. The molecule has 2 atom stereocenters. The zero-order chi connectivity index (χ0) is 14.8. The van der Waals surface area contributed by atoms with E-state index in [-0.39, 0.29) is 23.3 Å². The predicted octanol–water partition coefficient (Wildman–Crippen LogP) is 2.74. The largest absolute Gasteiger partial charge is 0.316 e. The fourth-order valence-electron chi connectivity index (χ4n) is 2.59. The normalized spacial score (nSPS) is 20.6. The summed E-state index contributed by atoms with van der Waals surface area (Å²) in [7, 11) is -3.52. The van der Waals surface area contributed by atoms with E-state index in [1.54, 1.807) is 25.1 Å². The van der Waals surface area contributed by atoms with Crippen LogP contribution in [0.25, 0.3) is 0 Å². The molecule has 0 radical (unpaired) electrons. The molecule has 0 amide bonds. The van der Waals surface area contributed by atoms with Gasteiger partial charge in [0.05, 0.1) is 4.90 Å². The summed E-state index contributed by atoms with van der Waals surface area (Å²) in [6.45, 7) is 5.53. The van der Waals surface area contributed by atoms with E-state index in [2.05, 4.69) is 10.0 Å². The monoisotopic (exact) mass is 352 g/mol. The van der Waals surface area contributed by atoms with Crippen LogP contribution in [0.5, 0.6) is 0 Å². The van der Waals surface area contributed by atoms with Gasteiger partial charge in [-0.1, -0.05) is 17.7 Å². The molecule has 0 spiro atoms. The van der Waals surface area contributed by atoms with Crippen molar-refractivity contribution in [2.75, 3.05) is 13.1 Å². The van der Waals surface area contributed by atoms with Gasteiger partial charge in [-0.05, 0) is 63.4 Å². The molecule has 1 aromatic rings. The van der Waals surface area contributed by atoms with Crippen LogP contribution in [-0.2, 0) is 10.0 Å². The number of halogens is 2. The van der Waals surface area contributed by atoms with E-state index in [0.717, 1.165) is 25.9 Å². The zero-order valence-electron chi connectivity index (χ0n) is 12.2. The summed E-state index contributed by atoms with van der Waals surface area (Å²) in [5.74, 6) is 0.331. The highest BCUT2D eigenvalue weighted by atomic mass is 35.5. The molecule has 4 nitrogen and oxygen atoms in total. The minimum atomic E-state index is -3.52. The number of benzene rings is 1. The van der Waals surface area contributed by atoms with Gasteiger partial charge >= 0.3 is 0 Å². The van der Waals surface area contributed by atoms with E-state index in [4.69, 9.17) is 11.6 Å². The fourth-order valence-corrected chi connectivity index (χ4v) is 4.40. The minimum Gasteiger partial charge on any atom is -0.316 e. The van der Waals surface area contributed by atoms with Crippen molar-refractivity contribution in [1.29, 1.82) is 0 Å². The van der Waals surface area contributed by atoms with E-state index >= 15 is 0 Å². The van der Waals surface area contributed by atoms with Crippen LogP contribution in [0.3, 0.4) is 0 Å². The Labute approximate surface area is 138 Å². The molecule has 1 heterocycles. The lowest BCUT2D eigenvalue weighted by atomic mass is 9.94. The van der Waals surface area contributed by atoms with E-state index in [1.807, 2.05) is 6.92 Å². The first-order valence-electron chi connectivity index (χ1n) is 6.90. The summed E-state index contributed by atoms with van der Waals surface area (Å²) < 4.78 is 27.7. The van der Waals surface area contributed by atoms with Crippen molar-refractivity contribution in [3.63, 3.8) is 0 Å². The van der Waals surface area contributed by atoms with E-state index < -0.39 is 10.0 Å². The van der Waals surface area contributed by atoms with Gasteiger partial charge in [-0.15, -0.1) is 12.4 Å². The Morgan fingerprint density at radius 2 is 2.14 bits per heavy atom. The van der Waals surface area contributed by atoms with Crippen LogP contribution < -0.4 is 10.0 Å². The number of sulfonamides is 1. The van der Waals surface area contributed by atoms with Crippen LogP contribution in [0, 0.1) is 12.8 Å². The van der Waals surface area contributed by atoms with Crippen LogP contribution in [0.2, 0.25) is 5.02 Å². The third-order valence-corrected chi connectivity index (χ3v) is 6.00. The smallest absolute Gasteiger partial charge is 0.241 e. The van der Waals surface area contributed by atoms with Crippen molar-refractivity contribution >= 4 is 34.0 Å². The molecular weight excluding hydrogens is 331 g/mol. The number of rotatable bonds is 4. The molecule has 1 aromatic carbocycles. The maximum absolute atomic E-state index is 12.5. The average Bonchev–Trinajstić information content (AvgIpc) is 2.42. The Kier molecular flexibility index (Phi) is 6.94. The van der Waals surface area contributed by atoms with Crippen molar-refractivity contribution in [3.8, 4) is 0 Å². The topological polar surface area (TPSA) is 58.2 Å². The van der Waals surface area contributed by atoms with Gasteiger partial charge in [-0.2, -0.15) is 0 Å². The number of hydrogen-bond acceptors (Lipinski definition) is 3. The van der Waals surface area contributed by atoms with Gasteiger partial charge in [0.25, 0.3) is 0 Å². The molecule has 0 bridgehead atoms. The Bertz CT molecular complexity index is 572. The van der Waals surface area contributed by atoms with Gasteiger partial charge in [0.2, 0.25) is 10.0 Å². The lowest BCUT2D eigenvalue weighted by molar-refractivity contribution is 0.320. The van der Waals surface area contributed by atoms with Crippen LogP contribution in [0.15, 0.2) is 23.1 Å². The van der Waals surface area contributed by atoms with E-state index in [9.17, 15) is 8.42 Å². The molecule has 1 aliphatic rings. The van der Waals surface area contributed by atoms with Gasteiger partial charge in [0.1, 0.15) is 0 Å². The first-order valence-corrected chi connectivity index (χ1v) is 8.76. The molecule has 7 heteroatoms. The van der Waals surface area contributed by atoms with Gasteiger partial charge in [0, 0.05) is 11.1 Å². The predicted molar refractivity (Wildman–Crippen MR) is 88.8 cm³/mol. The SMILES string of the molecule is Cc1c(Cl)cccc1S(=O)(=O)NC(C)C1CCCNC1.Cl. The van der Waals surface area contributed by atoms with Gasteiger partial charge in [-0.25, -0.2) is 13.1 Å². The zero-order valence-corrected chi connectivity index (χ0v) is 14.6. The molecule has 0 saturated carbocycles. The molecule has 120 valence electrons. The van der Waals surface area contributed by atoms with Gasteiger partial charge < -0.3 is 5.32 Å². The Hall–Kier alpha value is -0.330. The van der Waals surface area contributed by atoms with Crippen molar-refractivity contribution in [3.05, 3.63) is 28.8 Å². The molecule has 2 N–H and O–H groups in total. The Morgan fingerprint density at radius 3 is 2.76 bits per heavy atom. The summed E-state index contributed by atoms with van der Waals surface area (Å²) in [4.78, 5) is 0.264. The van der Waals surface area contributed by atoms with Crippen LogP contribution in [-0.4, -0.2) is 27.5 Å². The summed E-state index contributed by atoms with van der Waals surface area (Å²) in [6, 6.07) is 4.86. The first-order chi connectivity index (χ1) is 9.42. The molecule has 0 aromatic heterocycles. The summed E-state index contributed by atoms with van der Waals surface area (Å²) in [5, 5.41) is 3.78. The molecule has 1 fully saturated rings. The quantitative estimate of drug-likeness (QED) is 0.875. The van der Waals surface area contributed by atoms with Crippen molar-refractivity contribution in [2.24, 2.45) is 5.92 Å². The summed E-state index contributed by atoms with van der Waals surface area (Å²) >= 11 is 6.00. The molecular formula is C14H22Cl2N2O2S. The second-order valence-corrected chi connectivity index (χ2v) is 7.47. The molecule has 1 saturated heterocycles. The van der Waals surface area contributed by atoms with Gasteiger partial charge in [-0.3, -0.25) is 0 Å². The van der Waals surface area contributed by atoms with Gasteiger partial charge in [0.15, 0.2) is 0 Å². The second kappa shape index (κ2) is 7.79. The second-order valence-electron chi connectivity index (χ2n) is 5.38. The maximum atomic E-state index is 12.5. The highest BCUT2D eigenvalue weighted by molar-refractivity contribution is 7.89. The Morgan fingerprint density at radius 1 is 1.43 bits per heavy atom. The molecule has 2 rings (SSSR count). The van der Waals surface area contributed by atoms with Crippen LogP contribution >= 0.6 is 24.0 Å². The van der Waals surface area contributed by atoms with Crippen molar-refractivity contribution in [1.82, 2.24) is 10.0 Å². The van der Waals surface area contributed by atoms with E-state index in [1.165, 1.54) is 0 Å². The standard InChI is InChI=1S/C14H21ClN2O2S.ClH/c1-10-13(15)6-3-7-14(10)20(18,19)17-11(2)12-5-4-8-16-9-12;/h3,6-7,11-12,16-17H,4-5,8-9H2,1-2H3;1H. The lowest BCUT2D eigenvalue weighted by Crippen LogP contribution is -2.44. The minimum absolute atomic E-state index is 0. The lowest BCUT2D eigenvalue weighted by Gasteiger charge is -2.29. The maximum Gasteiger partial charge on any atom is 0.241 e. The Balaban J connectivity index is 0.00000220. The van der Waals surface area contributed by atoms with Crippen LogP contribution in [0.1, 0.15) is 25.3 Å². The summed E-state index contributed by atoms with van der Waals surface area (Å²) in [6.07, 6.45) is 2.14. The third-order valence-electron chi connectivity index (χ3n) is 3.89. The molecule has 1 aliphatic heterocycles. The number of hydrogen-bond donors (Lipinski definition) is 2. The van der Waals surface area contributed by atoms with Crippen molar-refractivity contribution in [2.45, 2.75) is 37.6 Å². The fraction of sp³-hybridized carbons (Fsp3) is 0.571. The molecule has 0 aliphatic carbocycles. The number of nitrogens with one attached hydrogen (secondary N) is 2.